The number of hydrogen-bond donors (Lipinski definition) is 2. The summed E-state index contributed by atoms with van der Waals surface area (Å²) >= 11 is 0. The molecular formula is C17H16F2N2O. The van der Waals surface area contributed by atoms with Crippen LogP contribution >= 0.6 is 0 Å². The Hall–Kier alpha value is -2.27. The lowest BCUT2D eigenvalue weighted by Crippen LogP contribution is -2.49. The maximum atomic E-state index is 14.2. The molecule has 0 unspecified atom stereocenters. The third-order valence-electron chi connectivity index (χ3n) is 3.86. The molecule has 1 aromatic carbocycles. The van der Waals surface area contributed by atoms with Crippen LogP contribution in [0.2, 0.25) is 0 Å². The average Bonchev–Trinajstić information content (AvgIpc) is 2.51. The van der Waals surface area contributed by atoms with Crippen molar-refractivity contribution in [2.75, 3.05) is 0 Å². The number of rotatable bonds is 2. The standard InChI is InChI=1S/C17H16F2N2O/c1-10-14(11-6-3-2-4-7-11)16(17(22)21-20-10)15-12(18)8-5-9-13(15)19/h2-4,6-8,10,20H,5,9H2,1H3,(H,21,22)/t10-/m1/s1. The quantitative estimate of drug-likeness (QED) is 0.880. The Morgan fingerprint density at radius 2 is 1.86 bits per heavy atom. The molecule has 0 radical (unpaired) electrons. The minimum absolute atomic E-state index is 0.0726. The number of allylic oxidation sites excluding steroid dienone is 3. The molecule has 1 heterocycles. The van der Waals surface area contributed by atoms with E-state index >= 15 is 0 Å². The largest absolute Gasteiger partial charge is 0.287 e. The van der Waals surface area contributed by atoms with E-state index in [1.54, 1.807) is 0 Å². The van der Waals surface area contributed by atoms with Crippen molar-refractivity contribution in [3.8, 4) is 0 Å². The van der Waals surface area contributed by atoms with Gasteiger partial charge < -0.3 is 0 Å². The molecule has 0 saturated carbocycles. The van der Waals surface area contributed by atoms with Gasteiger partial charge in [0.25, 0.3) is 5.91 Å². The van der Waals surface area contributed by atoms with Gasteiger partial charge in [0.2, 0.25) is 0 Å². The summed E-state index contributed by atoms with van der Waals surface area (Å²) in [6.07, 6.45) is 1.75. The second kappa shape index (κ2) is 5.85. The Labute approximate surface area is 127 Å². The first-order valence-electron chi connectivity index (χ1n) is 7.20. The fourth-order valence-electron chi connectivity index (χ4n) is 2.84. The fraction of sp³-hybridized carbons (Fsp3) is 0.235. The number of amides is 1. The molecule has 22 heavy (non-hydrogen) atoms. The summed E-state index contributed by atoms with van der Waals surface area (Å²) in [7, 11) is 0. The molecule has 3 nitrogen and oxygen atoms in total. The van der Waals surface area contributed by atoms with Crippen molar-refractivity contribution in [1.29, 1.82) is 0 Å². The number of benzene rings is 1. The molecule has 1 aliphatic heterocycles. The van der Waals surface area contributed by atoms with E-state index in [2.05, 4.69) is 10.9 Å². The molecule has 0 bridgehead atoms. The molecule has 5 heteroatoms. The molecule has 0 aromatic heterocycles. The molecule has 1 atom stereocenters. The summed E-state index contributed by atoms with van der Waals surface area (Å²) in [5.74, 6) is -1.77. The van der Waals surface area contributed by atoms with Gasteiger partial charge in [0.15, 0.2) is 0 Å². The number of nitrogens with one attached hydrogen (secondary N) is 2. The topological polar surface area (TPSA) is 41.1 Å². The van der Waals surface area contributed by atoms with E-state index < -0.39 is 17.6 Å². The van der Waals surface area contributed by atoms with Gasteiger partial charge in [-0.25, -0.2) is 14.2 Å². The zero-order valence-electron chi connectivity index (χ0n) is 12.1. The second-order valence-corrected chi connectivity index (χ2v) is 5.35. The molecular weight excluding hydrogens is 286 g/mol. The number of hydrazine groups is 1. The lowest BCUT2D eigenvalue weighted by molar-refractivity contribution is -0.118. The summed E-state index contributed by atoms with van der Waals surface area (Å²) < 4.78 is 28.4. The third kappa shape index (κ3) is 2.48. The number of halogens is 2. The Morgan fingerprint density at radius 3 is 2.55 bits per heavy atom. The van der Waals surface area contributed by atoms with Crippen LogP contribution in [0.15, 0.2) is 59.2 Å². The predicted octanol–water partition coefficient (Wildman–Crippen LogP) is 3.33. The number of hydrogen-bond acceptors (Lipinski definition) is 2. The van der Waals surface area contributed by atoms with Crippen LogP contribution < -0.4 is 10.9 Å². The van der Waals surface area contributed by atoms with Crippen LogP contribution in [0.4, 0.5) is 8.78 Å². The van der Waals surface area contributed by atoms with Gasteiger partial charge in [-0.05, 0) is 30.6 Å². The van der Waals surface area contributed by atoms with Crippen LogP contribution in [-0.2, 0) is 4.79 Å². The summed E-state index contributed by atoms with van der Waals surface area (Å²) in [6.45, 7) is 1.84. The monoisotopic (exact) mass is 302 g/mol. The third-order valence-corrected chi connectivity index (χ3v) is 3.86. The Balaban J connectivity index is 2.26. The van der Waals surface area contributed by atoms with Gasteiger partial charge in [-0.2, -0.15) is 0 Å². The van der Waals surface area contributed by atoms with Gasteiger partial charge >= 0.3 is 0 Å². The van der Waals surface area contributed by atoms with Crippen molar-refractivity contribution in [3.63, 3.8) is 0 Å². The first-order chi connectivity index (χ1) is 10.6. The van der Waals surface area contributed by atoms with E-state index in [9.17, 15) is 13.6 Å². The van der Waals surface area contributed by atoms with Crippen molar-refractivity contribution in [2.24, 2.45) is 0 Å². The molecule has 1 aliphatic carbocycles. The zero-order valence-corrected chi connectivity index (χ0v) is 12.1. The minimum Gasteiger partial charge on any atom is -0.287 e. The van der Waals surface area contributed by atoms with Crippen LogP contribution in [0.3, 0.4) is 0 Å². The first-order valence-corrected chi connectivity index (χ1v) is 7.20. The smallest absolute Gasteiger partial charge is 0.266 e. The minimum atomic E-state index is -0.670. The van der Waals surface area contributed by atoms with Gasteiger partial charge in [-0.3, -0.25) is 10.2 Å². The lowest BCUT2D eigenvalue weighted by Gasteiger charge is -2.29. The van der Waals surface area contributed by atoms with Crippen LogP contribution in [-0.4, -0.2) is 11.9 Å². The second-order valence-electron chi connectivity index (χ2n) is 5.35. The van der Waals surface area contributed by atoms with Gasteiger partial charge in [-0.1, -0.05) is 30.3 Å². The Bertz CT molecular complexity index is 705. The molecule has 0 fully saturated rings. The maximum absolute atomic E-state index is 14.2. The van der Waals surface area contributed by atoms with Crippen molar-refractivity contribution in [3.05, 3.63) is 64.8 Å². The fourth-order valence-corrected chi connectivity index (χ4v) is 2.84. The zero-order chi connectivity index (χ0) is 15.7. The van der Waals surface area contributed by atoms with E-state index in [1.165, 1.54) is 6.08 Å². The van der Waals surface area contributed by atoms with E-state index in [0.717, 1.165) is 5.56 Å². The average molecular weight is 302 g/mol. The summed E-state index contributed by atoms with van der Waals surface area (Å²) in [5.41, 5.74) is 6.54. The summed E-state index contributed by atoms with van der Waals surface area (Å²) in [5, 5.41) is 0. The Morgan fingerprint density at radius 1 is 1.14 bits per heavy atom. The van der Waals surface area contributed by atoms with Gasteiger partial charge in [0, 0.05) is 12.5 Å². The van der Waals surface area contributed by atoms with Gasteiger partial charge in [-0.15, -0.1) is 0 Å². The van der Waals surface area contributed by atoms with E-state index in [-0.39, 0.29) is 23.6 Å². The van der Waals surface area contributed by atoms with Crippen LogP contribution in [0.5, 0.6) is 0 Å². The first kappa shape index (κ1) is 14.7. The molecule has 0 spiro atoms. The molecule has 0 saturated heterocycles. The SMILES string of the molecule is C[C@H]1NNC(=O)C(C2=C(F)CCC=C2F)=C1c1ccccc1. The highest BCUT2D eigenvalue weighted by Crippen LogP contribution is 2.38. The highest BCUT2D eigenvalue weighted by Gasteiger charge is 2.33. The summed E-state index contributed by atoms with van der Waals surface area (Å²) in [6, 6.07) is 8.91. The van der Waals surface area contributed by atoms with E-state index in [4.69, 9.17) is 0 Å². The number of carbonyl (C=O) groups excluding carboxylic acids is 1. The molecule has 3 rings (SSSR count). The van der Waals surface area contributed by atoms with Crippen LogP contribution in [0.1, 0.15) is 25.3 Å². The van der Waals surface area contributed by atoms with Crippen molar-refractivity contribution >= 4 is 11.5 Å². The molecule has 1 aromatic rings. The molecule has 2 N–H and O–H groups in total. The molecule has 2 aliphatic rings. The highest BCUT2D eigenvalue weighted by atomic mass is 19.1. The predicted molar refractivity (Wildman–Crippen MR) is 80.7 cm³/mol. The van der Waals surface area contributed by atoms with Gasteiger partial charge in [0.05, 0.1) is 11.1 Å². The lowest BCUT2D eigenvalue weighted by atomic mass is 9.86. The molecule has 114 valence electrons. The Kier molecular flexibility index (Phi) is 3.90. The normalized spacial score (nSPS) is 22.6. The van der Waals surface area contributed by atoms with Crippen molar-refractivity contribution in [1.82, 2.24) is 10.9 Å². The maximum Gasteiger partial charge on any atom is 0.266 e. The van der Waals surface area contributed by atoms with E-state index in [1.807, 2.05) is 37.3 Å². The van der Waals surface area contributed by atoms with E-state index in [0.29, 0.717) is 12.0 Å². The van der Waals surface area contributed by atoms with Crippen LogP contribution in [0.25, 0.3) is 5.57 Å². The van der Waals surface area contributed by atoms with Gasteiger partial charge in [0.1, 0.15) is 11.7 Å². The van der Waals surface area contributed by atoms with Crippen LogP contribution in [0, 0.1) is 0 Å². The molecule has 1 amide bonds. The van der Waals surface area contributed by atoms with Crippen molar-refractivity contribution < 1.29 is 13.6 Å². The summed E-state index contributed by atoms with van der Waals surface area (Å²) in [4.78, 5) is 12.3. The highest BCUT2D eigenvalue weighted by molar-refractivity contribution is 6.08. The van der Waals surface area contributed by atoms with Crippen molar-refractivity contribution in [2.45, 2.75) is 25.8 Å². The number of carbonyl (C=O) groups is 1.